The minimum atomic E-state index is -0.953. The zero-order chi connectivity index (χ0) is 13.5. The van der Waals surface area contributed by atoms with E-state index in [1.807, 2.05) is 12.1 Å². The number of pyridine rings is 1. The zero-order valence-corrected chi connectivity index (χ0v) is 10.2. The minimum absolute atomic E-state index is 0.107. The first-order valence-electron chi connectivity index (χ1n) is 5.63. The predicted molar refractivity (Wildman–Crippen MR) is 65.6 cm³/mol. The van der Waals surface area contributed by atoms with Crippen LogP contribution in [0.25, 0.3) is 0 Å². The number of amides is 1. The van der Waals surface area contributed by atoms with Gasteiger partial charge in [0.15, 0.2) is 0 Å². The lowest BCUT2D eigenvalue weighted by atomic mass is 10.1. The monoisotopic (exact) mass is 251 g/mol. The van der Waals surface area contributed by atoms with Crippen LogP contribution in [0.3, 0.4) is 0 Å². The number of likely N-dealkylation sites (N-methyl/N-ethyl adjacent to an activating group) is 1. The van der Waals surface area contributed by atoms with Gasteiger partial charge in [-0.3, -0.25) is 14.6 Å². The lowest BCUT2D eigenvalue weighted by Gasteiger charge is -2.20. The summed E-state index contributed by atoms with van der Waals surface area (Å²) in [5.41, 5.74) is 6.41. The van der Waals surface area contributed by atoms with Crippen LogP contribution in [-0.2, 0) is 16.1 Å². The van der Waals surface area contributed by atoms with Crippen molar-refractivity contribution >= 4 is 11.9 Å². The first-order valence-corrected chi connectivity index (χ1v) is 5.63. The Bertz CT molecular complexity index is 408. The summed E-state index contributed by atoms with van der Waals surface area (Å²) in [5.74, 6) is -1.23. The number of carboxylic acids is 1. The Labute approximate surface area is 105 Å². The van der Waals surface area contributed by atoms with Gasteiger partial charge in [0.1, 0.15) is 0 Å². The Hall–Kier alpha value is -1.95. The van der Waals surface area contributed by atoms with E-state index in [0.29, 0.717) is 6.54 Å². The van der Waals surface area contributed by atoms with Gasteiger partial charge >= 0.3 is 5.97 Å². The van der Waals surface area contributed by atoms with Crippen LogP contribution in [0.1, 0.15) is 18.5 Å². The number of hydrogen-bond acceptors (Lipinski definition) is 4. The summed E-state index contributed by atoms with van der Waals surface area (Å²) in [6.07, 6.45) is 1.68. The first-order chi connectivity index (χ1) is 8.50. The molecule has 1 aromatic heterocycles. The van der Waals surface area contributed by atoms with Crippen molar-refractivity contribution in [3.63, 3.8) is 0 Å². The molecule has 0 fully saturated rings. The molecule has 1 atom stereocenters. The molecule has 98 valence electrons. The molecule has 6 heteroatoms. The van der Waals surface area contributed by atoms with Crippen molar-refractivity contribution in [2.45, 2.75) is 25.4 Å². The molecule has 0 aliphatic rings. The highest BCUT2D eigenvalue weighted by molar-refractivity contribution is 5.82. The summed E-state index contributed by atoms with van der Waals surface area (Å²) in [7, 11) is 1.62. The van der Waals surface area contributed by atoms with Gasteiger partial charge in [-0.05, 0) is 18.6 Å². The largest absolute Gasteiger partial charge is 0.481 e. The van der Waals surface area contributed by atoms with Crippen LogP contribution in [0, 0.1) is 0 Å². The van der Waals surface area contributed by atoms with Crippen molar-refractivity contribution in [2.24, 2.45) is 5.73 Å². The highest BCUT2D eigenvalue weighted by atomic mass is 16.4. The molecule has 18 heavy (non-hydrogen) atoms. The van der Waals surface area contributed by atoms with Crippen LogP contribution in [0.5, 0.6) is 0 Å². The molecule has 0 aliphatic heterocycles. The molecule has 1 aromatic rings. The van der Waals surface area contributed by atoms with Gasteiger partial charge in [-0.25, -0.2) is 0 Å². The van der Waals surface area contributed by atoms with Gasteiger partial charge in [-0.2, -0.15) is 0 Å². The summed E-state index contributed by atoms with van der Waals surface area (Å²) in [5, 5.41) is 8.53. The standard InChI is InChI=1S/C12H17N3O3/c1-15(8-9-4-2-3-7-14-9)12(18)10(13)5-6-11(16)17/h2-4,7,10H,5-6,8,13H2,1H3,(H,16,17). The summed E-state index contributed by atoms with van der Waals surface area (Å²) >= 11 is 0. The SMILES string of the molecule is CN(Cc1ccccn1)C(=O)C(N)CCC(=O)O. The average molecular weight is 251 g/mol. The number of nitrogens with two attached hydrogens (primary N) is 1. The van der Waals surface area contributed by atoms with Gasteiger partial charge in [-0.15, -0.1) is 0 Å². The van der Waals surface area contributed by atoms with Crippen LogP contribution in [0.4, 0.5) is 0 Å². The van der Waals surface area contributed by atoms with Crippen molar-refractivity contribution in [1.29, 1.82) is 0 Å². The lowest BCUT2D eigenvalue weighted by molar-refractivity contribution is -0.137. The number of carbonyl (C=O) groups is 2. The third-order valence-corrected chi connectivity index (χ3v) is 2.49. The van der Waals surface area contributed by atoms with E-state index in [2.05, 4.69) is 4.98 Å². The summed E-state index contributed by atoms with van der Waals surface area (Å²) in [4.78, 5) is 27.8. The normalized spacial score (nSPS) is 11.9. The molecule has 1 amide bonds. The van der Waals surface area contributed by atoms with Crippen molar-refractivity contribution in [3.05, 3.63) is 30.1 Å². The fourth-order valence-corrected chi connectivity index (χ4v) is 1.50. The third-order valence-electron chi connectivity index (χ3n) is 2.49. The number of nitrogens with zero attached hydrogens (tertiary/aromatic N) is 2. The highest BCUT2D eigenvalue weighted by Crippen LogP contribution is 2.03. The Morgan fingerprint density at radius 3 is 2.78 bits per heavy atom. The van der Waals surface area contributed by atoms with Gasteiger partial charge in [0.25, 0.3) is 0 Å². The van der Waals surface area contributed by atoms with Crippen molar-refractivity contribution in [3.8, 4) is 0 Å². The molecule has 0 radical (unpaired) electrons. The number of hydrogen-bond donors (Lipinski definition) is 2. The van der Waals surface area contributed by atoms with Gasteiger partial charge < -0.3 is 15.7 Å². The summed E-state index contributed by atoms with van der Waals surface area (Å²) < 4.78 is 0. The maximum Gasteiger partial charge on any atom is 0.303 e. The number of carbonyl (C=O) groups excluding carboxylic acids is 1. The van der Waals surface area contributed by atoms with Crippen LogP contribution in [0.2, 0.25) is 0 Å². The van der Waals surface area contributed by atoms with Crippen LogP contribution >= 0.6 is 0 Å². The smallest absolute Gasteiger partial charge is 0.303 e. The van der Waals surface area contributed by atoms with Crippen molar-refractivity contribution in [1.82, 2.24) is 9.88 Å². The van der Waals surface area contributed by atoms with Crippen LogP contribution in [-0.4, -0.2) is 40.0 Å². The predicted octanol–water partition coefficient (Wildman–Crippen LogP) is 0.232. The number of carboxylic acid groups (broad SMARTS) is 1. The molecule has 1 heterocycles. The lowest BCUT2D eigenvalue weighted by Crippen LogP contribution is -2.41. The Morgan fingerprint density at radius 2 is 2.22 bits per heavy atom. The average Bonchev–Trinajstić information content (AvgIpc) is 2.36. The maximum atomic E-state index is 11.8. The molecule has 0 aromatic carbocycles. The molecule has 1 unspecified atom stereocenters. The maximum absolute atomic E-state index is 11.8. The van der Waals surface area contributed by atoms with E-state index in [1.54, 1.807) is 19.3 Å². The third kappa shape index (κ3) is 4.50. The van der Waals surface area contributed by atoms with E-state index in [9.17, 15) is 9.59 Å². The number of rotatable bonds is 6. The van der Waals surface area contributed by atoms with E-state index in [-0.39, 0.29) is 18.7 Å². The van der Waals surface area contributed by atoms with Gasteiger partial charge in [-0.1, -0.05) is 6.07 Å². The zero-order valence-electron chi connectivity index (χ0n) is 10.2. The second-order valence-corrected chi connectivity index (χ2v) is 4.05. The van der Waals surface area contributed by atoms with Gasteiger partial charge in [0, 0.05) is 19.7 Å². The molecular formula is C12H17N3O3. The molecule has 1 rings (SSSR count). The molecule has 0 bridgehead atoms. The fraction of sp³-hybridized carbons (Fsp3) is 0.417. The van der Waals surface area contributed by atoms with Gasteiger partial charge in [0.2, 0.25) is 5.91 Å². The molecule has 6 nitrogen and oxygen atoms in total. The van der Waals surface area contributed by atoms with E-state index < -0.39 is 12.0 Å². The van der Waals surface area contributed by atoms with E-state index >= 15 is 0 Å². The van der Waals surface area contributed by atoms with Crippen molar-refractivity contribution in [2.75, 3.05) is 7.05 Å². The second kappa shape index (κ2) is 6.70. The first kappa shape index (κ1) is 14.1. The van der Waals surface area contributed by atoms with Crippen LogP contribution < -0.4 is 5.73 Å². The highest BCUT2D eigenvalue weighted by Gasteiger charge is 2.19. The molecule has 0 aliphatic carbocycles. The molecule has 0 saturated heterocycles. The molecule has 0 spiro atoms. The molecule has 0 saturated carbocycles. The number of aliphatic carboxylic acids is 1. The number of aromatic nitrogens is 1. The minimum Gasteiger partial charge on any atom is -0.481 e. The van der Waals surface area contributed by atoms with Crippen LogP contribution in [0.15, 0.2) is 24.4 Å². The van der Waals surface area contributed by atoms with E-state index in [4.69, 9.17) is 10.8 Å². The molecule has 3 N–H and O–H groups in total. The summed E-state index contributed by atoms with van der Waals surface area (Å²) in [6.45, 7) is 0.362. The molecular weight excluding hydrogens is 234 g/mol. The topological polar surface area (TPSA) is 96.5 Å². The second-order valence-electron chi connectivity index (χ2n) is 4.05. The Morgan fingerprint density at radius 1 is 1.50 bits per heavy atom. The summed E-state index contributed by atoms with van der Waals surface area (Å²) in [6, 6.07) is 4.66. The van der Waals surface area contributed by atoms with E-state index in [0.717, 1.165) is 5.69 Å². The van der Waals surface area contributed by atoms with E-state index in [1.165, 1.54) is 4.90 Å². The van der Waals surface area contributed by atoms with Gasteiger partial charge in [0.05, 0.1) is 18.3 Å². The Kier molecular flexibility index (Phi) is 5.26. The van der Waals surface area contributed by atoms with Crippen molar-refractivity contribution < 1.29 is 14.7 Å². The fourth-order valence-electron chi connectivity index (χ4n) is 1.50. The quantitative estimate of drug-likeness (QED) is 0.754. The Balaban J connectivity index is 2.48.